The van der Waals surface area contributed by atoms with Crippen molar-refractivity contribution in [2.24, 2.45) is 0 Å². The summed E-state index contributed by atoms with van der Waals surface area (Å²) >= 11 is 1.53. The largest absolute Gasteiger partial charge is 0.295 e. The van der Waals surface area contributed by atoms with Gasteiger partial charge in [-0.05, 0) is 37.1 Å². The van der Waals surface area contributed by atoms with Crippen molar-refractivity contribution in [3.05, 3.63) is 58.9 Å². The number of hydrogen-bond acceptors (Lipinski definition) is 7. The van der Waals surface area contributed by atoms with Crippen molar-refractivity contribution in [3.63, 3.8) is 0 Å². The lowest BCUT2D eigenvalue weighted by Gasteiger charge is -2.33. The smallest absolute Gasteiger partial charge is 0.243 e. The van der Waals surface area contributed by atoms with Crippen molar-refractivity contribution in [1.29, 1.82) is 0 Å². The van der Waals surface area contributed by atoms with Crippen LogP contribution >= 0.6 is 11.3 Å². The van der Waals surface area contributed by atoms with Gasteiger partial charge in [-0.25, -0.2) is 23.4 Å². The van der Waals surface area contributed by atoms with E-state index in [1.54, 1.807) is 28.8 Å². The maximum atomic E-state index is 13.1. The minimum atomic E-state index is -3.47. The lowest BCUT2D eigenvalue weighted by Crippen LogP contribution is -2.48. The molecule has 0 bridgehead atoms. The van der Waals surface area contributed by atoms with E-state index in [0.29, 0.717) is 43.4 Å². The van der Waals surface area contributed by atoms with Gasteiger partial charge in [-0.2, -0.15) is 4.31 Å². The summed E-state index contributed by atoms with van der Waals surface area (Å²) in [5.74, 6) is 0.633. The van der Waals surface area contributed by atoms with Crippen LogP contribution in [0.25, 0.3) is 10.8 Å². The molecule has 9 heteroatoms. The van der Waals surface area contributed by atoms with Crippen molar-refractivity contribution in [3.8, 4) is 10.8 Å². The van der Waals surface area contributed by atoms with E-state index in [0.717, 1.165) is 21.8 Å². The van der Waals surface area contributed by atoms with Crippen LogP contribution in [0.2, 0.25) is 0 Å². The maximum absolute atomic E-state index is 13.1. The molecule has 1 aliphatic rings. The SMILES string of the molecule is Cc1ccc(C)c(S(=O)(=O)N2CCN(Cc3csc(-c4ncccn4)n3)CC2)c1. The van der Waals surface area contributed by atoms with E-state index >= 15 is 0 Å². The Morgan fingerprint density at radius 2 is 1.79 bits per heavy atom. The normalized spacial score (nSPS) is 16.2. The van der Waals surface area contributed by atoms with Crippen LogP contribution in [0.1, 0.15) is 16.8 Å². The summed E-state index contributed by atoms with van der Waals surface area (Å²) in [5, 5.41) is 2.82. The Kier molecular flexibility index (Phi) is 5.73. The molecule has 0 unspecified atom stereocenters. The van der Waals surface area contributed by atoms with Crippen molar-refractivity contribution in [2.75, 3.05) is 26.2 Å². The predicted octanol–water partition coefficient (Wildman–Crippen LogP) is 2.72. The Morgan fingerprint density at radius 1 is 1.07 bits per heavy atom. The first kappa shape index (κ1) is 20.1. The zero-order chi connectivity index (χ0) is 20.4. The van der Waals surface area contributed by atoms with Gasteiger partial charge in [-0.1, -0.05) is 12.1 Å². The fourth-order valence-corrected chi connectivity index (χ4v) is 5.86. The topological polar surface area (TPSA) is 79.3 Å². The molecule has 0 amide bonds. The molecule has 1 aliphatic heterocycles. The molecule has 1 aromatic carbocycles. The van der Waals surface area contributed by atoms with E-state index in [4.69, 9.17) is 0 Å². The van der Waals surface area contributed by atoms with Gasteiger partial charge in [-0.15, -0.1) is 11.3 Å². The first-order valence-corrected chi connectivity index (χ1v) is 11.8. The molecule has 1 saturated heterocycles. The van der Waals surface area contributed by atoms with Crippen LogP contribution in [0.5, 0.6) is 0 Å². The van der Waals surface area contributed by atoms with E-state index in [1.807, 2.05) is 31.4 Å². The molecule has 4 rings (SSSR count). The Morgan fingerprint density at radius 3 is 2.52 bits per heavy atom. The Labute approximate surface area is 175 Å². The number of aryl methyl sites for hydroxylation is 2. The summed E-state index contributed by atoms with van der Waals surface area (Å²) in [6.45, 7) is 6.78. The second-order valence-electron chi connectivity index (χ2n) is 7.17. The third-order valence-electron chi connectivity index (χ3n) is 4.99. The Balaban J connectivity index is 1.40. The van der Waals surface area contributed by atoms with Crippen LogP contribution in [-0.2, 0) is 16.6 Å². The monoisotopic (exact) mass is 429 g/mol. The molecule has 3 heterocycles. The highest BCUT2D eigenvalue weighted by Crippen LogP contribution is 2.24. The number of aromatic nitrogens is 3. The second-order valence-corrected chi connectivity index (χ2v) is 9.93. The molecule has 0 atom stereocenters. The standard InChI is InChI=1S/C20H23N5O2S2/c1-15-4-5-16(2)18(12-15)29(26,27)25-10-8-24(9-11-25)13-17-14-28-20(23-17)19-21-6-3-7-22-19/h3-7,12,14H,8-11,13H2,1-2H3. The zero-order valence-corrected chi connectivity index (χ0v) is 18.1. The van der Waals surface area contributed by atoms with Crippen LogP contribution in [0.15, 0.2) is 46.9 Å². The molecule has 0 spiro atoms. The quantitative estimate of drug-likeness (QED) is 0.621. The van der Waals surface area contributed by atoms with Gasteiger partial charge in [0.2, 0.25) is 10.0 Å². The molecule has 0 N–H and O–H groups in total. The van der Waals surface area contributed by atoms with Gasteiger partial charge in [0.15, 0.2) is 10.8 Å². The van der Waals surface area contributed by atoms with Gasteiger partial charge in [-0.3, -0.25) is 4.90 Å². The number of piperazine rings is 1. The fourth-order valence-electron chi connectivity index (χ4n) is 3.37. The molecule has 1 fully saturated rings. The molecular weight excluding hydrogens is 406 g/mol. The van der Waals surface area contributed by atoms with Gasteiger partial charge in [0.1, 0.15) is 0 Å². The summed E-state index contributed by atoms with van der Waals surface area (Å²) < 4.78 is 27.7. The predicted molar refractivity (Wildman–Crippen MR) is 113 cm³/mol. The maximum Gasteiger partial charge on any atom is 0.243 e. The molecule has 3 aromatic rings. The van der Waals surface area contributed by atoms with E-state index in [1.165, 1.54) is 11.3 Å². The summed E-state index contributed by atoms with van der Waals surface area (Å²) in [5.41, 5.74) is 2.70. The number of benzene rings is 1. The average molecular weight is 430 g/mol. The summed E-state index contributed by atoms with van der Waals surface area (Å²) in [4.78, 5) is 15.8. The van der Waals surface area contributed by atoms with Crippen molar-refractivity contribution < 1.29 is 8.42 Å². The van der Waals surface area contributed by atoms with Crippen LogP contribution < -0.4 is 0 Å². The molecular formula is C20H23N5O2S2. The van der Waals surface area contributed by atoms with Gasteiger partial charge >= 0.3 is 0 Å². The minimum absolute atomic E-state index is 0.415. The summed E-state index contributed by atoms with van der Waals surface area (Å²) in [6.07, 6.45) is 3.41. The van der Waals surface area contributed by atoms with Crippen molar-refractivity contribution in [1.82, 2.24) is 24.2 Å². The second kappa shape index (κ2) is 8.27. The summed E-state index contributed by atoms with van der Waals surface area (Å²) in [6, 6.07) is 7.35. The molecule has 29 heavy (non-hydrogen) atoms. The highest BCUT2D eigenvalue weighted by Gasteiger charge is 2.29. The number of nitrogens with zero attached hydrogens (tertiary/aromatic N) is 5. The van der Waals surface area contributed by atoms with Gasteiger partial charge in [0.25, 0.3) is 0 Å². The van der Waals surface area contributed by atoms with Crippen molar-refractivity contribution in [2.45, 2.75) is 25.3 Å². The molecule has 0 saturated carbocycles. The van der Waals surface area contributed by atoms with Crippen LogP contribution in [0.4, 0.5) is 0 Å². The van der Waals surface area contributed by atoms with Crippen LogP contribution in [0, 0.1) is 13.8 Å². The lowest BCUT2D eigenvalue weighted by molar-refractivity contribution is 0.180. The van der Waals surface area contributed by atoms with Crippen LogP contribution in [0.3, 0.4) is 0 Å². The van der Waals surface area contributed by atoms with Gasteiger partial charge < -0.3 is 0 Å². The van der Waals surface area contributed by atoms with Gasteiger partial charge in [0.05, 0.1) is 10.6 Å². The highest BCUT2D eigenvalue weighted by molar-refractivity contribution is 7.89. The zero-order valence-electron chi connectivity index (χ0n) is 16.4. The fraction of sp³-hybridized carbons (Fsp3) is 0.350. The lowest BCUT2D eigenvalue weighted by atomic mass is 10.2. The first-order chi connectivity index (χ1) is 13.9. The molecule has 0 aliphatic carbocycles. The van der Waals surface area contributed by atoms with E-state index in [2.05, 4.69) is 19.9 Å². The van der Waals surface area contributed by atoms with Gasteiger partial charge in [0, 0.05) is 50.5 Å². The average Bonchev–Trinajstić information content (AvgIpc) is 3.19. The number of sulfonamides is 1. The number of thiazole rings is 1. The van der Waals surface area contributed by atoms with E-state index in [9.17, 15) is 8.42 Å². The first-order valence-electron chi connectivity index (χ1n) is 9.45. The third-order valence-corrected chi connectivity index (χ3v) is 7.91. The molecule has 0 radical (unpaired) electrons. The van der Waals surface area contributed by atoms with Crippen LogP contribution in [-0.4, -0.2) is 58.8 Å². The van der Waals surface area contributed by atoms with Crippen molar-refractivity contribution >= 4 is 21.4 Å². The minimum Gasteiger partial charge on any atom is -0.295 e. The molecule has 152 valence electrons. The molecule has 7 nitrogen and oxygen atoms in total. The number of rotatable bonds is 5. The Hall–Kier alpha value is -2.20. The summed E-state index contributed by atoms with van der Waals surface area (Å²) in [7, 11) is -3.47. The highest BCUT2D eigenvalue weighted by atomic mass is 32.2. The van der Waals surface area contributed by atoms with E-state index in [-0.39, 0.29) is 0 Å². The Bertz CT molecular complexity index is 1090. The number of hydrogen-bond donors (Lipinski definition) is 0. The third kappa shape index (κ3) is 4.37. The van der Waals surface area contributed by atoms with E-state index < -0.39 is 10.0 Å². The molecule has 2 aromatic heterocycles.